The minimum atomic E-state index is -1.39. The van der Waals surface area contributed by atoms with Gasteiger partial charge in [0.05, 0.1) is 32.4 Å². The Bertz CT molecular complexity index is 1130. The summed E-state index contributed by atoms with van der Waals surface area (Å²) in [6.45, 7) is 0.0877. The van der Waals surface area contributed by atoms with Gasteiger partial charge in [0.1, 0.15) is 11.5 Å². The van der Waals surface area contributed by atoms with Crippen LogP contribution in [0.15, 0.2) is 72.8 Å². The molecule has 0 saturated carbocycles. The lowest BCUT2D eigenvalue weighted by atomic mass is 9.82. The van der Waals surface area contributed by atoms with E-state index in [4.69, 9.17) is 14.7 Å². The van der Waals surface area contributed by atoms with Gasteiger partial charge in [-0.05, 0) is 53.1 Å². The summed E-state index contributed by atoms with van der Waals surface area (Å²) in [5, 5.41) is 11.9. The third-order valence-corrected chi connectivity index (χ3v) is 5.58. The SMILES string of the molecule is COc1ccc(C2(c3ccc(OC)cc3)NC(=O)N(Cc3ccc(C#N)cc3)C2=O)cc1. The fraction of sp³-hybridized carbons (Fsp3) is 0.160. The number of hydrogen-bond donors (Lipinski definition) is 1. The van der Waals surface area contributed by atoms with Crippen molar-refractivity contribution in [3.05, 3.63) is 95.1 Å². The van der Waals surface area contributed by atoms with Gasteiger partial charge >= 0.3 is 6.03 Å². The molecule has 1 N–H and O–H groups in total. The fourth-order valence-corrected chi connectivity index (χ4v) is 3.83. The summed E-state index contributed by atoms with van der Waals surface area (Å²) < 4.78 is 10.5. The number of carbonyl (C=O) groups is 2. The molecule has 4 rings (SSSR count). The van der Waals surface area contributed by atoms with Crippen LogP contribution in [-0.2, 0) is 16.9 Å². The molecule has 0 atom stereocenters. The van der Waals surface area contributed by atoms with Crippen LogP contribution in [0.25, 0.3) is 0 Å². The molecule has 0 spiro atoms. The average molecular weight is 427 g/mol. The van der Waals surface area contributed by atoms with Crippen LogP contribution in [0.2, 0.25) is 0 Å². The van der Waals surface area contributed by atoms with Crippen LogP contribution in [0.3, 0.4) is 0 Å². The van der Waals surface area contributed by atoms with Crippen molar-refractivity contribution >= 4 is 11.9 Å². The lowest BCUT2D eigenvalue weighted by Crippen LogP contribution is -2.45. The normalized spacial score (nSPS) is 14.6. The summed E-state index contributed by atoms with van der Waals surface area (Å²) in [6, 6.07) is 22.5. The minimum Gasteiger partial charge on any atom is -0.497 e. The molecule has 3 amide bonds. The molecule has 7 nitrogen and oxygen atoms in total. The lowest BCUT2D eigenvalue weighted by molar-refractivity contribution is -0.130. The van der Waals surface area contributed by atoms with E-state index in [0.717, 1.165) is 5.56 Å². The van der Waals surface area contributed by atoms with Gasteiger partial charge in [0.2, 0.25) is 0 Å². The summed E-state index contributed by atoms with van der Waals surface area (Å²) in [4.78, 5) is 28.0. The number of nitrogens with zero attached hydrogens (tertiary/aromatic N) is 2. The standard InChI is InChI=1S/C25H21N3O4/c1-31-21-11-7-19(8-12-21)25(20-9-13-22(32-2)14-10-20)23(29)28(24(30)27-25)16-18-5-3-17(15-26)4-6-18/h3-14H,16H2,1-2H3,(H,27,30). The van der Waals surface area contributed by atoms with Gasteiger partial charge in [-0.25, -0.2) is 4.79 Å². The Balaban J connectivity index is 1.77. The van der Waals surface area contributed by atoms with Gasteiger partial charge < -0.3 is 14.8 Å². The second kappa shape index (κ2) is 8.44. The van der Waals surface area contributed by atoms with Gasteiger partial charge in [-0.3, -0.25) is 9.69 Å². The largest absolute Gasteiger partial charge is 0.497 e. The number of amides is 3. The fourth-order valence-electron chi connectivity index (χ4n) is 3.83. The molecule has 1 aliphatic rings. The van der Waals surface area contributed by atoms with Crippen LogP contribution < -0.4 is 14.8 Å². The van der Waals surface area contributed by atoms with Crippen molar-refractivity contribution in [2.24, 2.45) is 0 Å². The van der Waals surface area contributed by atoms with Crippen molar-refractivity contribution in [1.82, 2.24) is 10.2 Å². The highest BCUT2D eigenvalue weighted by molar-refractivity contribution is 6.09. The molecular weight excluding hydrogens is 406 g/mol. The molecule has 32 heavy (non-hydrogen) atoms. The molecule has 0 radical (unpaired) electrons. The number of benzene rings is 3. The maximum atomic E-state index is 13.8. The Kier molecular flexibility index (Phi) is 5.52. The van der Waals surface area contributed by atoms with E-state index >= 15 is 0 Å². The highest BCUT2D eigenvalue weighted by Crippen LogP contribution is 2.38. The number of rotatable bonds is 6. The van der Waals surface area contributed by atoms with E-state index in [-0.39, 0.29) is 12.5 Å². The Morgan fingerprint density at radius 3 is 1.78 bits per heavy atom. The van der Waals surface area contributed by atoms with E-state index in [9.17, 15) is 9.59 Å². The first-order chi connectivity index (χ1) is 15.5. The summed E-state index contributed by atoms with van der Waals surface area (Å²) in [6.07, 6.45) is 0. The average Bonchev–Trinajstić information content (AvgIpc) is 3.10. The predicted octanol–water partition coefficient (Wildman–Crippen LogP) is 3.57. The molecule has 0 aliphatic carbocycles. The zero-order chi connectivity index (χ0) is 22.7. The monoisotopic (exact) mass is 427 g/mol. The highest BCUT2D eigenvalue weighted by atomic mass is 16.5. The molecule has 0 bridgehead atoms. The van der Waals surface area contributed by atoms with E-state index in [1.54, 1.807) is 87.0 Å². The molecule has 1 aliphatic heterocycles. The highest BCUT2D eigenvalue weighted by Gasteiger charge is 2.53. The Hall–Kier alpha value is -4.31. The van der Waals surface area contributed by atoms with Crippen LogP contribution in [0.5, 0.6) is 11.5 Å². The van der Waals surface area contributed by atoms with Gasteiger partial charge in [-0.2, -0.15) is 5.26 Å². The van der Waals surface area contributed by atoms with Crippen LogP contribution in [0, 0.1) is 11.3 Å². The molecular formula is C25H21N3O4. The predicted molar refractivity (Wildman–Crippen MR) is 117 cm³/mol. The van der Waals surface area contributed by atoms with Crippen molar-refractivity contribution in [2.45, 2.75) is 12.1 Å². The maximum Gasteiger partial charge on any atom is 0.325 e. The minimum absolute atomic E-state index is 0.0877. The summed E-state index contributed by atoms with van der Waals surface area (Å²) in [5.41, 5.74) is 1.10. The number of nitriles is 1. The van der Waals surface area contributed by atoms with Crippen molar-refractivity contribution in [3.8, 4) is 17.6 Å². The smallest absolute Gasteiger partial charge is 0.325 e. The van der Waals surface area contributed by atoms with Crippen molar-refractivity contribution in [2.75, 3.05) is 14.2 Å². The summed E-state index contributed by atoms with van der Waals surface area (Å²) in [7, 11) is 3.13. The Morgan fingerprint density at radius 2 is 1.34 bits per heavy atom. The van der Waals surface area contributed by atoms with E-state index in [0.29, 0.717) is 28.2 Å². The van der Waals surface area contributed by atoms with Crippen molar-refractivity contribution in [3.63, 3.8) is 0 Å². The summed E-state index contributed by atoms with van der Waals surface area (Å²) >= 11 is 0. The van der Waals surface area contributed by atoms with Gasteiger partial charge in [0.15, 0.2) is 5.54 Å². The number of carbonyl (C=O) groups excluding carboxylic acids is 2. The summed E-state index contributed by atoms with van der Waals surface area (Å²) in [5.74, 6) is 0.900. The third kappa shape index (κ3) is 3.52. The first-order valence-electron chi connectivity index (χ1n) is 9.94. The first kappa shape index (κ1) is 20.9. The molecule has 0 aromatic heterocycles. The molecule has 3 aromatic rings. The zero-order valence-electron chi connectivity index (χ0n) is 17.7. The second-order valence-corrected chi connectivity index (χ2v) is 7.34. The maximum absolute atomic E-state index is 13.8. The molecule has 1 fully saturated rings. The number of methoxy groups -OCH3 is 2. The van der Waals surface area contributed by atoms with Crippen LogP contribution in [0.1, 0.15) is 22.3 Å². The van der Waals surface area contributed by atoms with Gasteiger partial charge in [0.25, 0.3) is 5.91 Å². The van der Waals surface area contributed by atoms with Crippen LogP contribution in [-0.4, -0.2) is 31.1 Å². The van der Waals surface area contributed by atoms with E-state index in [1.807, 2.05) is 0 Å². The van der Waals surface area contributed by atoms with Gasteiger partial charge in [0, 0.05) is 0 Å². The van der Waals surface area contributed by atoms with E-state index in [1.165, 1.54) is 4.90 Å². The molecule has 1 saturated heterocycles. The molecule has 3 aromatic carbocycles. The first-order valence-corrected chi connectivity index (χ1v) is 9.94. The Morgan fingerprint density at radius 1 is 0.844 bits per heavy atom. The Labute approximate surface area is 185 Å². The number of ether oxygens (including phenoxy) is 2. The van der Waals surface area contributed by atoms with Crippen molar-refractivity contribution < 1.29 is 19.1 Å². The second-order valence-electron chi connectivity index (χ2n) is 7.34. The quantitative estimate of drug-likeness (QED) is 0.607. The molecule has 1 heterocycles. The van der Waals surface area contributed by atoms with Crippen LogP contribution >= 0.6 is 0 Å². The van der Waals surface area contributed by atoms with Crippen LogP contribution in [0.4, 0.5) is 4.79 Å². The molecule has 7 heteroatoms. The van der Waals surface area contributed by atoms with Gasteiger partial charge in [-0.15, -0.1) is 0 Å². The van der Waals surface area contributed by atoms with E-state index in [2.05, 4.69) is 11.4 Å². The molecule has 0 unspecified atom stereocenters. The third-order valence-electron chi connectivity index (χ3n) is 5.58. The number of nitrogens with one attached hydrogen (secondary N) is 1. The lowest BCUT2D eigenvalue weighted by Gasteiger charge is -2.28. The van der Waals surface area contributed by atoms with E-state index < -0.39 is 11.6 Å². The van der Waals surface area contributed by atoms with Gasteiger partial charge in [-0.1, -0.05) is 36.4 Å². The zero-order valence-corrected chi connectivity index (χ0v) is 17.7. The number of imide groups is 1. The van der Waals surface area contributed by atoms with Crippen molar-refractivity contribution in [1.29, 1.82) is 5.26 Å². The molecule has 160 valence electrons. The number of urea groups is 1. The topological polar surface area (TPSA) is 91.7 Å². The number of hydrogen-bond acceptors (Lipinski definition) is 5.